The Morgan fingerprint density at radius 2 is 0.846 bits per heavy atom. The normalized spacial score (nSPS) is 12.2. The maximum absolute atomic E-state index is 3.45. The second kappa shape index (κ2) is 24.0. The highest BCUT2D eigenvalue weighted by molar-refractivity contribution is 4.89. The lowest BCUT2D eigenvalue weighted by molar-refractivity contribution is 0.616. The van der Waals surface area contributed by atoms with Crippen LogP contribution in [-0.4, -0.2) is 65.4 Å². The molecule has 0 heterocycles. The van der Waals surface area contributed by atoms with Crippen molar-refractivity contribution in [1.82, 2.24) is 26.6 Å². The smallest absolute Gasteiger partial charge is 0.0138 e. The Morgan fingerprint density at radius 1 is 0.462 bits per heavy atom. The third kappa shape index (κ3) is 23.0. The van der Waals surface area contributed by atoms with Crippen LogP contribution in [0.2, 0.25) is 0 Å². The van der Waals surface area contributed by atoms with Crippen molar-refractivity contribution in [1.29, 1.82) is 0 Å². The first kappa shape index (κ1) is 25.0. The zero-order valence-electron chi connectivity index (χ0n) is 17.2. The molecule has 0 rings (SSSR count). The number of nitrogens with one attached hydrogen (secondary N) is 5. The molecule has 0 unspecified atom stereocenters. The molecule has 0 spiro atoms. The van der Waals surface area contributed by atoms with E-state index in [-0.39, 0.29) is 0 Å². The molecule has 5 nitrogen and oxygen atoms in total. The van der Waals surface area contributed by atoms with E-state index in [2.05, 4.69) is 76.9 Å². The fourth-order valence-corrected chi connectivity index (χ4v) is 2.21. The summed E-state index contributed by atoms with van der Waals surface area (Å²) in [5.74, 6) is 0. The minimum absolute atomic E-state index is 0.929. The van der Waals surface area contributed by atoms with Gasteiger partial charge in [0.2, 0.25) is 0 Å². The van der Waals surface area contributed by atoms with Gasteiger partial charge in [-0.05, 0) is 45.4 Å². The molecular weight excluding hydrogens is 322 g/mol. The molecule has 0 aromatic rings. The predicted octanol–water partition coefficient (Wildman–Crippen LogP) is 1.81. The van der Waals surface area contributed by atoms with Crippen molar-refractivity contribution in [3.63, 3.8) is 0 Å². The topological polar surface area (TPSA) is 60.1 Å². The van der Waals surface area contributed by atoms with Crippen LogP contribution in [0.4, 0.5) is 0 Å². The Kier molecular flexibility index (Phi) is 23.1. The van der Waals surface area contributed by atoms with Gasteiger partial charge in [-0.25, -0.2) is 0 Å². The molecule has 0 radical (unpaired) electrons. The number of unbranched alkanes of at least 4 members (excludes halogenated alkanes) is 1. The van der Waals surface area contributed by atoms with Crippen molar-refractivity contribution in [2.75, 3.05) is 65.4 Å². The molecule has 0 bridgehead atoms. The zero-order chi connectivity index (χ0) is 19.0. The van der Waals surface area contributed by atoms with Crippen LogP contribution in [0.3, 0.4) is 0 Å². The van der Waals surface area contributed by atoms with Crippen LogP contribution in [0.1, 0.15) is 33.1 Å². The monoisotopic (exact) mass is 365 g/mol. The summed E-state index contributed by atoms with van der Waals surface area (Å²) in [6, 6.07) is 0. The Morgan fingerprint density at radius 3 is 1.27 bits per heavy atom. The second-order valence-corrected chi connectivity index (χ2v) is 6.20. The lowest BCUT2D eigenvalue weighted by Crippen LogP contribution is -2.20. The first-order chi connectivity index (χ1) is 12.9. The quantitative estimate of drug-likeness (QED) is 0.168. The fourth-order valence-electron chi connectivity index (χ4n) is 2.21. The van der Waals surface area contributed by atoms with E-state index in [1.165, 1.54) is 19.3 Å². The molecule has 0 aromatic carbocycles. The first-order valence-electron chi connectivity index (χ1n) is 10.4. The molecule has 0 amide bonds. The van der Waals surface area contributed by atoms with Gasteiger partial charge in [0, 0.05) is 39.3 Å². The van der Waals surface area contributed by atoms with E-state index in [9.17, 15) is 0 Å². The van der Waals surface area contributed by atoms with E-state index < -0.39 is 0 Å². The van der Waals surface area contributed by atoms with Crippen LogP contribution >= 0.6 is 0 Å². The Hall–Kier alpha value is -0.980. The van der Waals surface area contributed by atoms with Crippen molar-refractivity contribution in [2.24, 2.45) is 0 Å². The average Bonchev–Trinajstić information content (AvgIpc) is 2.66. The summed E-state index contributed by atoms with van der Waals surface area (Å²) in [4.78, 5) is 0. The van der Waals surface area contributed by atoms with Crippen molar-refractivity contribution in [2.45, 2.75) is 33.1 Å². The largest absolute Gasteiger partial charge is 0.314 e. The Labute approximate surface area is 162 Å². The van der Waals surface area contributed by atoms with Crippen LogP contribution in [0.5, 0.6) is 0 Å². The van der Waals surface area contributed by atoms with E-state index in [4.69, 9.17) is 0 Å². The standard InChI is InChI=1S/C21H43N5/c1-3-13-23-15-7-8-17-25-19-11-12-21-26-20-10-9-18-24-16-6-5-14-22-4-2/h5-10,22-26H,3-4,11-21H2,1-2H3/b6-5-,8-7-,10-9-. The van der Waals surface area contributed by atoms with Crippen LogP contribution < -0.4 is 26.6 Å². The molecule has 0 aliphatic heterocycles. The molecule has 0 aliphatic carbocycles. The van der Waals surface area contributed by atoms with E-state index in [0.717, 1.165) is 65.4 Å². The second-order valence-electron chi connectivity index (χ2n) is 6.20. The van der Waals surface area contributed by atoms with Crippen LogP contribution in [-0.2, 0) is 0 Å². The minimum Gasteiger partial charge on any atom is -0.314 e. The summed E-state index contributed by atoms with van der Waals surface area (Å²) in [7, 11) is 0. The van der Waals surface area contributed by atoms with Crippen LogP contribution in [0, 0.1) is 0 Å². The summed E-state index contributed by atoms with van der Waals surface area (Å²) >= 11 is 0. The van der Waals surface area contributed by atoms with Gasteiger partial charge in [0.15, 0.2) is 0 Å². The molecule has 26 heavy (non-hydrogen) atoms. The highest BCUT2D eigenvalue weighted by Crippen LogP contribution is 1.84. The molecule has 0 fully saturated rings. The van der Waals surface area contributed by atoms with Gasteiger partial charge in [-0.1, -0.05) is 50.3 Å². The van der Waals surface area contributed by atoms with Gasteiger partial charge in [-0.3, -0.25) is 0 Å². The lowest BCUT2D eigenvalue weighted by atomic mass is 10.3. The summed E-state index contributed by atoms with van der Waals surface area (Å²) in [5, 5.41) is 16.9. The van der Waals surface area contributed by atoms with Crippen molar-refractivity contribution >= 4 is 0 Å². The SMILES string of the molecule is CCCNC/C=C\CNCCCCNC/C=C\CNC/C=C\CNCC. The number of hydrogen-bond donors (Lipinski definition) is 5. The highest BCUT2D eigenvalue weighted by atomic mass is 14.9. The molecule has 0 aliphatic rings. The van der Waals surface area contributed by atoms with Gasteiger partial charge in [0.1, 0.15) is 0 Å². The van der Waals surface area contributed by atoms with Crippen LogP contribution in [0.25, 0.3) is 0 Å². The fraction of sp³-hybridized carbons (Fsp3) is 0.714. The summed E-state index contributed by atoms with van der Waals surface area (Å²) in [5.41, 5.74) is 0. The van der Waals surface area contributed by atoms with Gasteiger partial charge < -0.3 is 26.6 Å². The lowest BCUT2D eigenvalue weighted by Gasteiger charge is -2.03. The van der Waals surface area contributed by atoms with Crippen molar-refractivity contribution < 1.29 is 0 Å². The summed E-state index contributed by atoms with van der Waals surface area (Å²) < 4.78 is 0. The maximum atomic E-state index is 3.45. The van der Waals surface area contributed by atoms with Crippen LogP contribution in [0.15, 0.2) is 36.5 Å². The van der Waals surface area contributed by atoms with Gasteiger partial charge in [0.05, 0.1) is 0 Å². The Balaban J connectivity index is 3.15. The van der Waals surface area contributed by atoms with E-state index in [1.807, 2.05) is 0 Å². The van der Waals surface area contributed by atoms with Crippen molar-refractivity contribution in [3.05, 3.63) is 36.5 Å². The highest BCUT2D eigenvalue weighted by Gasteiger charge is 1.88. The molecule has 0 saturated heterocycles. The summed E-state index contributed by atoms with van der Waals surface area (Å²) in [6.07, 6.45) is 16.8. The predicted molar refractivity (Wildman–Crippen MR) is 117 cm³/mol. The van der Waals surface area contributed by atoms with Gasteiger partial charge >= 0.3 is 0 Å². The molecule has 152 valence electrons. The summed E-state index contributed by atoms with van der Waals surface area (Å²) in [6.45, 7) is 14.3. The molecule has 0 aromatic heterocycles. The van der Waals surface area contributed by atoms with Gasteiger partial charge in [0.25, 0.3) is 0 Å². The van der Waals surface area contributed by atoms with Crippen molar-refractivity contribution in [3.8, 4) is 0 Å². The van der Waals surface area contributed by atoms with E-state index in [0.29, 0.717) is 0 Å². The van der Waals surface area contributed by atoms with Gasteiger partial charge in [-0.15, -0.1) is 0 Å². The average molecular weight is 366 g/mol. The van der Waals surface area contributed by atoms with E-state index in [1.54, 1.807) is 0 Å². The maximum Gasteiger partial charge on any atom is 0.0138 e. The zero-order valence-corrected chi connectivity index (χ0v) is 17.2. The number of hydrogen-bond acceptors (Lipinski definition) is 5. The van der Waals surface area contributed by atoms with Gasteiger partial charge in [-0.2, -0.15) is 0 Å². The molecular formula is C21H43N5. The molecule has 0 saturated carbocycles. The first-order valence-corrected chi connectivity index (χ1v) is 10.4. The molecule has 5 N–H and O–H groups in total. The third-order valence-corrected chi connectivity index (χ3v) is 3.71. The molecule has 0 atom stereocenters. The minimum atomic E-state index is 0.929. The number of likely N-dealkylation sites (N-methyl/N-ethyl adjacent to an activating group) is 1. The van der Waals surface area contributed by atoms with E-state index >= 15 is 0 Å². The number of rotatable bonds is 20. The Bertz CT molecular complexity index is 339. The molecule has 5 heteroatoms. The third-order valence-electron chi connectivity index (χ3n) is 3.71.